The van der Waals surface area contributed by atoms with E-state index in [1.807, 2.05) is 0 Å². The average molecular weight is 569 g/mol. The van der Waals surface area contributed by atoms with E-state index in [-0.39, 0.29) is 23.2 Å². The van der Waals surface area contributed by atoms with Crippen LogP contribution in [-0.2, 0) is 19.1 Å². The van der Waals surface area contributed by atoms with E-state index in [0.717, 1.165) is 32.1 Å². The third kappa shape index (κ3) is 5.00. The van der Waals surface area contributed by atoms with Gasteiger partial charge in [0.2, 0.25) is 0 Å². The first-order chi connectivity index (χ1) is 18.8. The number of hydrogen-bond donors (Lipinski definition) is 6. The van der Waals surface area contributed by atoms with Crippen LogP contribution in [0.2, 0.25) is 0 Å². The predicted molar refractivity (Wildman–Crippen MR) is 142 cm³/mol. The number of aliphatic carboxylic acids is 2. The van der Waals surface area contributed by atoms with Gasteiger partial charge >= 0.3 is 11.9 Å². The normalized spacial score (nSPS) is 51.3. The van der Waals surface area contributed by atoms with E-state index in [1.54, 1.807) is 0 Å². The highest BCUT2D eigenvalue weighted by Crippen LogP contribution is 2.68. The molecule has 0 aromatic heterocycles. The fourth-order valence-corrected chi connectivity index (χ4v) is 10.3. The average Bonchev–Trinajstić information content (AvgIpc) is 3.25. The summed E-state index contributed by atoms with van der Waals surface area (Å²) in [5.74, 6) is -0.213. The van der Waals surface area contributed by atoms with Gasteiger partial charge in [0.1, 0.15) is 18.3 Å². The van der Waals surface area contributed by atoms with Crippen LogP contribution in [-0.4, -0.2) is 85.5 Å². The zero-order valence-electron chi connectivity index (χ0n) is 23.9. The highest BCUT2D eigenvalue weighted by atomic mass is 16.7. The Bertz CT molecular complexity index is 959. The SMILES string of the molecule is C[C@H](CCC(=O)O)[C@H]1CC[C@H]2[C@@H]3C[C@H](O[C@@H]4O[C@H](C(=O)O)[C@@H](O)[C@H](O)[C@@H]4O)[C@@H]4C[C@H](O)CC[C@]4(C)[C@@H]3CC[C@]12C. The maximum Gasteiger partial charge on any atom is 0.335 e. The van der Waals surface area contributed by atoms with Crippen LogP contribution in [0.25, 0.3) is 0 Å². The van der Waals surface area contributed by atoms with E-state index in [4.69, 9.17) is 9.47 Å². The lowest BCUT2D eigenvalue weighted by Crippen LogP contribution is -2.63. The van der Waals surface area contributed by atoms with Gasteiger partial charge in [0, 0.05) is 6.42 Å². The Kier molecular flexibility index (Phi) is 8.36. The fraction of sp³-hybridized carbons (Fsp3) is 0.933. The van der Waals surface area contributed by atoms with Gasteiger partial charge in [0.25, 0.3) is 0 Å². The van der Waals surface area contributed by atoms with Gasteiger partial charge in [0.15, 0.2) is 12.4 Å². The van der Waals surface area contributed by atoms with Crippen LogP contribution in [0.5, 0.6) is 0 Å². The third-order valence-corrected chi connectivity index (χ3v) is 12.3. The lowest BCUT2D eigenvalue weighted by Gasteiger charge is -2.63. The number of aliphatic hydroxyl groups excluding tert-OH is 4. The second kappa shape index (κ2) is 11.1. The molecule has 0 radical (unpaired) electrons. The first-order valence-corrected chi connectivity index (χ1v) is 15.3. The van der Waals surface area contributed by atoms with Gasteiger partial charge < -0.3 is 40.1 Å². The molecule has 10 heteroatoms. The molecule has 4 aliphatic carbocycles. The summed E-state index contributed by atoms with van der Waals surface area (Å²) in [6, 6.07) is 0. The van der Waals surface area contributed by atoms with Crippen molar-refractivity contribution in [2.75, 3.05) is 0 Å². The number of fused-ring (bicyclic) bond motifs is 5. The summed E-state index contributed by atoms with van der Waals surface area (Å²) >= 11 is 0. The van der Waals surface area contributed by atoms with Crippen molar-refractivity contribution in [1.82, 2.24) is 0 Å². The van der Waals surface area contributed by atoms with Crippen molar-refractivity contribution in [1.29, 1.82) is 0 Å². The molecule has 1 heterocycles. The van der Waals surface area contributed by atoms with Crippen molar-refractivity contribution in [2.24, 2.45) is 46.3 Å². The zero-order chi connectivity index (χ0) is 29.1. The molecule has 1 saturated heterocycles. The number of ether oxygens (including phenoxy) is 2. The van der Waals surface area contributed by atoms with E-state index in [1.165, 1.54) is 0 Å². The summed E-state index contributed by atoms with van der Waals surface area (Å²) in [6.45, 7) is 6.89. The Morgan fingerprint density at radius 2 is 1.55 bits per heavy atom. The number of hydrogen-bond acceptors (Lipinski definition) is 8. The van der Waals surface area contributed by atoms with E-state index in [9.17, 15) is 40.2 Å². The highest BCUT2D eigenvalue weighted by Gasteiger charge is 2.63. The van der Waals surface area contributed by atoms with Crippen LogP contribution in [0.3, 0.4) is 0 Å². The Balaban J connectivity index is 1.41. The van der Waals surface area contributed by atoms with E-state index < -0.39 is 54.9 Å². The molecule has 10 nitrogen and oxygen atoms in total. The quantitative estimate of drug-likeness (QED) is 0.250. The number of carboxylic acid groups (broad SMARTS) is 2. The molecule has 5 fully saturated rings. The van der Waals surface area contributed by atoms with E-state index >= 15 is 0 Å². The molecule has 40 heavy (non-hydrogen) atoms. The minimum atomic E-state index is -1.78. The molecule has 0 bridgehead atoms. The van der Waals surface area contributed by atoms with Gasteiger partial charge in [-0.1, -0.05) is 20.8 Å². The molecule has 4 saturated carbocycles. The summed E-state index contributed by atoms with van der Waals surface area (Å²) < 4.78 is 11.9. The Morgan fingerprint density at radius 1 is 0.875 bits per heavy atom. The Labute approximate surface area is 236 Å². The van der Waals surface area contributed by atoms with Crippen LogP contribution >= 0.6 is 0 Å². The van der Waals surface area contributed by atoms with Crippen molar-refractivity contribution in [3.05, 3.63) is 0 Å². The summed E-state index contributed by atoms with van der Waals surface area (Å²) in [7, 11) is 0. The first-order valence-electron chi connectivity index (χ1n) is 15.3. The van der Waals surface area contributed by atoms with Crippen LogP contribution < -0.4 is 0 Å². The molecule has 5 aliphatic rings. The number of rotatable bonds is 7. The van der Waals surface area contributed by atoms with Crippen molar-refractivity contribution < 1.29 is 49.7 Å². The summed E-state index contributed by atoms with van der Waals surface area (Å²) in [4.78, 5) is 23.0. The van der Waals surface area contributed by atoms with Crippen molar-refractivity contribution in [3.8, 4) is 0 Å². The Hall–Kier alpha value is -1.30. The molecule has 0 amide bonds. The molecule has 228 valence electrons. The van der Waals surface area contributed by atoms with Crippen LogP contribution in [0.15, 0.2) is 0 Å². The third-order valence-electron chi connectivity index (χ3n) is 12.3. The van der Waals surface area contributed by atoms with Crippen LogP contribution in [0.4, 0.5) is 0 Å². The van der Waals surface area contributed by atoms with Crippen molar-refractivity contribution >= 4 is 11.9 Å². The van der Waals surface area contributed by atoms with E-state index in [2.05, 4.69) is 20.8 Å². The Morgan fingerprint density at radius 3 is 2.23 bits per heavy atom. The smallest absolute Gasteiger partial charge is 0.335 e. The molecular weight excluding hydrogens is 520 g/mol. The van der Waals surface area contributed by atoms with Crippen LogP contribution in [0, 0.1) is 46.3 Å². The highest BCUT2D eigenvalue weighted by molar-refractivity contribution is 5.73. The van der Waals surface area contributed by atoms with Gasteiger partial charge in [-0.2, -0.15) is 0 Å². The largest absolute Gasteiger partial charge is 0.481 e. The summed E-state index contributed by atoms with van der Waals surface area (Å²) in [5.41, 5.74) is -0.0122. The second-order valence-corrected chi connectivity index (χ2v) is 14.2. The minimum absolute atomic E-state index is 0.0170. The van der Waals surface area contributed by atoms with Crippen molar-refractivity contribution in [3.63, 3.8) is 0 Å². The second-order valence-electron chi connectivity index (χ2n) is 14.2. The topological polar surface area (TPSA) is 174 Å². The first kappa shape index (κ1) is 30.2. The molecule has 1 aliphatic heterocycles. The number of aliphatic hydroxyl groups is 4. The lowest BCUT2D eigenvalue weighted by atomic mass is 9.43. The fourth-order valence-electron chi connectivity index (χ4n) is 10.3. The summed E-state index contributed by atoms with van der Waals surface area (Å²) in [6.07, 6.45) is -1.10. The number of carbonyl (C=O) groups is 2. The molecule has 0 spiro atoms. The molecule has 0 aromatic rings. The molecule has 0 aromatic carbocycles. The summed E-state index contributed by atoms with van der Waals surface area (Å²) in [5, 5.41) is 60.7. The molecule has 0 unspecified atom stereocenters. The monoisotopic (exact) mass is 568 g/mol. The minimum Gasteiger partial charge on any atom is -0.481 e. The molecule has 15 atom stereocenters. The molecule has 6 N–H and O–H groups in total. The molecule has 5 rings (SSSR count). The van der Waals surface area contributed by atoms with Crippen LogP contribution in [0.1, 0.15) is 85.0 Å². The zero-order valence-corrected chi connectivity index (χ0v) is 23.9. The lowest BCUT2D eigenvalue weighted by molar-refractivity contribution is -0.321. The maximum absolute atomic E-state index is 11.7. The van der Waals surface area contributed by atoms with Gasteiger partial charge in [-0.3, -0.25) is 4.79 Å². The predicted octanol–water partition coefficient (Wildman–Crippen LogP) is 2.39. The molecular formula is C30H48O10. The van der Waals surface area contributed by atoms with Crippen molar-refractivity contribution in [2.45, 2.75) is 128 Å². The number of carboxylic acids is 2. The van der Waals surface area contributed by atoms with Gasteiger partial charge in [-0.05, 0) is 104 Å². The maximum atomic E-state index is 11.7. The van der Waals surface area contributed by atoms with Gasteiger partial charge in [0.05, 0.1) is 12.2 Å². The van der Waals surface area contributed by atoms with Gasteiger partial charge in [-0.15, -0.1) is 0 Å². The van der Waals surface area contributed by atoms with Gasteiger partial charge in [-0.25, -0.2) is 4.79 Å². The van der Waals surface area contributed by atoms with E-state index in [0.29, 0.717) is 55.3 Å². The standard InChI is InChI=1S/C30H48O10/c1-14(4-7-22(32)33)17-5-6-18-16-13-21(39-28-25(36)23(34)24(35)26(40-28)27(37)38)20-12-15(31)8-10-30(20,3)19(16)9-11-29(17,18)2/h14-21,23-26,28,31,34-36H,4-13H2,1-3H3,(H,32,33)(H,37,38)/t14-,15-,16+,17-,18+,19-,20+,21+,23+,24+,25+,26+,28-,29-,30-/m1/s1.